The van der Waals surface area contributed by atoms with E-state index in [9.17, 15) is 5.11 Å². The van der Waals surface area contributed by atoms with E-state index >= 15 is 0 Å². The molecule has 0 amide bonds. The predicted octanol–water partition coefficient (Wildman–Crippen LogP) is -1.02. The van der Waals surface area contributed by atoms with E-state index < -0.39 is 0 Å². The third-order valence-electron chi connectivity index (χ3n) is 0.818. The Morgan fingerprint density at radius 3 is 2.88 bits per heavy atom. The van der Waals surface area contributed by atoms with Crippen molar-refractivity contribution >= 4 is 0 Å². The van der Waals surface area contributed by atoms with E-state index in [1.54, 1.807) is 17.8 Å². The van der Waals surface area contributed by atoms with Crippen molar-refractivity contribution in [3.63, 3.8) is 0 Å². The molecule has 0 saturated heterocycles. The van der Waals surface area contributed by atoms with E-state index in [1.807, 2.05) is 0 Å². The number of hydrogen-bond donors (Lipinski definition) is 0. The van der Waals surface area contributed by atoms with Crippen LogP contribution in [0.25, 0.3) is 0 Å². The first-order valence-corrected chi connectivity index (χ1v) is 2.27. The maximum Gasteiger partial charge on any atom is 0.186 e. The largest absolute Gasteiger partial charge is 0.854 e. The van der Waals surface area contributed by atoms with E-state index in [-0.39, 0.29) is 5.88 Å². The van der Waals surface area contributed by atoms with Gasteiger partial charge in [0.15, 0.2) is 12.4 Å². The van der Waals surface area contributed by atoms with Gasteiger partial charge in [-0.2, -0.15) is 0 Å². The smallest absolute Gasteiger partial charge is 0.186 e. The van der Waals surface area contributed by atoms with E-state index in [1.165, 1.54) is 12.4 Å². The van der Waals surface area contributed by atoms with Gasteiger partial charge in [0.25, 0.3) is 0 Å². The summed E-state index contributed by atoms with van der Waals surface area (Å²) in [5.74, 6) is -0.199. The van der Waals surface area contributed by atoms with E-state index in [2.05, 4.69) is 4.98 Å². The Hall–Kier alpha value is -1.12. The topological polar surface area (TPSA) is 39.8 Å². The maximum absolute atomic E-state index is 10.4. The summed E-state index contributed by atoms with van der Waals surface area (Å²) in [6.07, 6.45) is 4.60. The maximum atomic E-state index is 10.4. The van der Waals surface area contributed by atoms with Gasteiger partial charge in [0.1, 0.15) is 7.05 Å². The van der Waals surface area contributed by atoms with E-state index in [0.717, 1.165) is 0 Å². The van der Waals surface area contributed by atoms with Crippen molar-refractivity contribution in [2.45, 2.75) is 0 Å². The number of hydrogen-bond acceptors (Lipinski definition) is 2. The molecule has 8 heavy (non-hydrogen) atoms. The fourth-order valence-electron chi connectivity index (χ4n) is 0.463. The highest BCUT2D eigenvalue weighted by Crippen LogP contribution is 1.85. The average Bonchev–Trinajstić information content (AvgIpc) is 1.64. The summed E-state index contributed by atoms with van der Waals surface area (Å²) >= 11 is 0. The fraction of sp³-hybridized carbons (Fsp3) is 0.200. The van der Waals surface area contributed by atoms with Crippen LogP contribution in [0.1, 0.15) is 0 Å². The zero-order valence-corrected chi connectivity index (χ0v) is 4.53. The zero-order chi connectivity index (χ0) is 5.98. The number of rotatable bonds is 0. The van der Waals surface area contributed by atoms with Crippen molar-refractivity contribution < 1.29 is 9.67 Å². The van der Waals surface area contributed by atoms with Crippen LogP contribution in [-0.4, -0.2) is 4.98 Å². The molecule has 0 N–H and O–H groups in total. The molecule has 1 aromatic heterocycles. The third-order valence-corrected chi connectivity index (χ3v) is 0.818. The van der Waals surface area contributed by atoms with Gasteiger partial charge in [0.05, 0.1) is 12.1 Å². The van der Waals surface area contributed by atoms with Crippen molar-refractivity contribution in [3.8, 4) is 5.88 Å². The quantitative estimate of drug-likeness (QED) is 0.401. The predicted molar refractivity (Wildman–Crippen MR) is 24.9 cm³/mol. The first-order valence-electron chi connectivity index (χ1n) is 2.27. The second kappa shape index (κ2) is 1.78. The molecule has 42 valence electrons. The minimum Gasteiger partial charge on any atom is -0.854 e. The van der Waals surface area contributed by atoms with Crippen LogP contribution in [0.4, 0.5) is 0 Å². The first kappa shape index (κ1) is 5.03. The third kappa shape index (κ3) is 0.932. The zero-order valence-electron chi connectivity index (χ0n) is 4.53. The Morgan fingerprint density at radius 1 is 1.75 bits per heavy atom. The summed E-state index contributed by atoms with van der Waals surface area (Å²) in [4.78, 5) is 3.46. The SMILES string of the molecule is C[n+]1ccnc([O-])c1. The fourth-order valence-corrected chi connectivity index (χ4v) is 0.463. The monoisotopic (exact) mass is 110 g/mol. The molecule has 0 aliphatic heterocycles. The standard InChI is InChI=1S/C5H6N2O/c1-7-3-2-6-5(8)4-7/h2-4H,1H3. The Morgan fingerprint density at radius 2 is 2.50 bits per heavy atom. The summed E-state index contributed by atoms with van der Waals surface area (Å²) < 4.78 is 1.66. The molecule has 0 aliphatic rings. The molecule has 0 radical (unpaired) electrons. The Bertz CT molecular complexity index is 170. The summed E-state index contributed by atoms with van der Waals surface area (Å²) in [5, 5.41) is 10.4. The van der Waals surface area contributed by atoms with E-state index in [4.69, 9.17) is 0 Å². The highest BCUT2D eigenvalue weighted by Gasteiger charge is 1.84. The minimum absolute atomic E-state index is 0.199. The highest BCUT2D eigenvalue weighted by atomic mass is 16.3. The summed E-state index contributed by atoms with van der Waals surface area (Å²) in [5.41, 5.74) is 0. The second-order valence-corrected chi connectivity index (χ2v) is 1.56. The number of aromatic nitrogens is 2. The van der Waals surface area contributed by atoms with Gasteiger partial charge < -0.3 is 5.11 Å². The molecule has 0 fully saturated rings. The molecule has 0 spiro atoms. The molecule has 0 saturated carbocycles. The molecule has 1 heterocycles. The van der Waals surface area contributed by atoms with Gasteiger partial charge in [0, 0.05) is 0 Å². The lowest BCUT2D eigenvalue weighted by Gasteiger charge is -1.96. The lowest BCUT2D eigenvalue weighted by Crippen LogP contribution is -2.27. The average molecular weight is 110 g/mol. The van der Waals surface area contributed by atoms with Gasteiger partial charge in [-0.15, -0.1) is 0 Å². The molecule has 0 aromatic carbocycles. The number of nitrogens with zero attached hydrogens (tertiary/aromatic N) is 2. The van der Waals surface area contributed by atoms with Gasteiger partial charge in [-0.1, -0.05) is 0 Å². The molecule has 1 aromatic rings. The van der Waals surface area contributed by atoms with Crippen LogP contribution >= 0.6 is 0 Å². The Kier molecular flexibility index (Phi) is 1.12. The van der Waals surface area contributed by atoms with Gasteiger partial charge in [-0.25, -0.2) is 4.57 Å². The molecule has 0 unspecified atom stereocenters. The van der Waals surface area contributed by atoms with Crippen LogP contribution in [0.15, 0.2) is 18.6 Å². The van der Waals surface area contributed by atoms with Gasteiger partial charge in [-0.05, 0) is 0 Å². The van der Waals surface area contributed by atoms with Crippen molar-refractivity contribution in [1.29, 1.82) is 0 Å². The molecule has 3 heteroatoms. The second-order valence-electron chi connectivity index (χ2n) is 1.56. The Labute approximate surface area is 47.2 Å². The van der Waals surface area contributed by atoms with Crippen LogP contribution in [0, 0.1) is 0 Å². The van der Waals surface area contributed by atoms with Gasteiger partial charge >= 0.3 is 0 Å². The summed E-state index contributed by atoms with van der Waals surface area (Å²) in [6.45, 7) is 0. The van der Waals surface area contributed by atoms with Crippen LogP contribution in [0.2, 0.25) is 0 Å². The molecular formula is C5H6N2O. The van der Waals surface area contributed by atoms with Crippen molar-refractivity contribution in [2.75, 3.05) is 0 Å². The molecular weight excluding hydrogens is 104 g/mol. The number of aryl methyl sites for hydroxylation is 1. The molecule has 1 rings (SSSR count). The van der Waals surface area contributed by atoms with Crippen molar-refractivity contribution in [1.82, 2.24) is 4.98 Å². The Balaban J connectivity index is 3.08. The minimum atomic E-state index is -0.199. The van der Waals surface area contributed by atoms with Crippen LogP contribution in [-0.2, 0) is 7.05 Å². The van der Waals surface area contributed by atoms with E-state index in [0.29, 0.717) is 0 Å². The van der Waals surface area contributed by atoms with Crippen LogP contribution in [0.5, 0.6) is 5.88 Å². The lowest BCUT2D eigenvalue weighted by molar-refractivity contribution is -0.674. The highest BCUT2D eigenvalue weighted by molar-refractivity contribution is 4.90. The molecule has 0 aliphatic carbocycles. The van der Waals surface area contributed by atoms with Gasteiger partial charge in [-0.3, -0.25) is 4.98 Å². The first-order chi connectivity index (χ1) is 3.79. The summed E-state index contributed by atoms with van der Waals surface area (Å²) in [7, 11) is 1.78. The van der Waals surface area contributed by atoms with Crippen LogP contribution < -0.4 is 9.67 Å². The lowest BCUT2D eigenvalue weighted by atomic mass is 10.7. The molecule has 3 nitrogen and oxygen atoms in total. The van der Waals surface area contributed by atoms with Crippen LogP contribution in [0.3, 0.4) is 0 Å². The van der Waals surface area contributed by atoms with Crippen molar-refractivity contribution in [3.05, 3.63) is 18.6 Å². The molecule has 0 bridgehead atoms. The van der Waals surface area contributed by atoms with Crippen molar-refractivity contribution in [2.24, 2.45) is 7.05 Å². The molecule has 0 atom stereocenters. The summed E-state index contributed by atoms with van der Waals surface area (Å²) in [6, 6.07) is 0. The van der Waals surface area contributed by atoms with Gasteiger partial charge in [0.2, 0.25) is 0 Å². The normalized spacial score (nSPS) is 9.12.